The molecule has 0 saturated heterocycles. The van der Waals surface area contributed by atoms with Crippen molar-refractivity contribution in [1.82, 2.24) is 19.9 Å². The van der Waals surface area contributed by atoms with E-state index in [2.05, 4.69) is 19.9 Å². The number of nitrogens with zero attached hydrogens (tertiary/aromatic N) is 4. The lowest BCUT2D eigenvalue weighted by atomic mass is 10.3. The van der Waals surface area contributed by atoms with Gasteiger partial charge in [0.1, 0.15) is 17.7 Å². The van der Waals surface area contributed by atoms with Crippen molar-refractivity contribution in [2.75, 3.05) is 0 Å². The molecular formula is C9H6N4O. The Kier molecular flexibility index (Phi) is 2.22. The standard InChI is InChI=1S/C9H6N4O/c14-5-7-1-4-11-9(13-7)8-2-3-10-6-12-8/h1-6H. The average Bonchev–Trinajstić information content (AvgIpc) is 2.30. The maximum atomic E-state index is 10.5. The third-order valence-electron chi connectivity index (χ3n) is 1.61. The van der Waals surface area contributed by atoms with Crippen LogP contribution in [0.25, 0.3) is 11.5 Å². The van der Waals surface area contributed by atoms with Gasteiger partial charge in [-0.1, -0.05) is 0 Å². The first-order valence-corrected chi connectivity index (χ1v) is 3.95. The number of carbonyl (C=O) groups excluding carboxylic acids is 1. The molecule has 0 aliphatic heterocycles. The molecule has 2 aromatic rings. The monoisotopic (exact) mass is 186 g/mol. The van der Waals surface area contributed by atoms with Gasteiger partial charge in [-0.15, -0.1) is 0 Å². The second kappa shape index (κ2) is 3.69. The third-order valence-corrected chi connectivity index (χ3v) is 1.61. The fraction of sp³-hybridized carbons (Fsp3) is 0. The van der Waals surface area contributed by atoms with Crippen molar-refractivity contribution in [3.8, 4) is 11.5 Å². The summed E-state index contributed by atoms with van der Waals surface area (Å²) in [5.74, 6) is 0.428. The van der Waals surface area contributed by atoms with Gasteiger partial charge in [0.2, 0.25) is 0 Å². The van der Waals surface area contributed by atoms with Crippen molar-refractivity contribution >= 4 is 6.29 Å². The van der Waals surface area contributed by atoms with Crippen LogP contribution in [0.15, 0.2) is 30.9 Å². The van der Waals surface area contributed by atoms with Crippen molar-refractivity contribution < 1.29 is 4.79 Å². The van der Waals surface area contributed by atoms with Crippen LogP contribution in [-0.4, -0.2) is 26.2 Å². The summed E-state index contributed by atoms with van der Waals surface area (Å²) in [4.78, 5) is 26.2. The predicted octanol–water partition coefficient (Wildman–Crippen LogP) is 0.746. The molecule has 0 aliphatic carbocycles. The summed E-state index contributed by atoms with van der Waals surface area (Å²) in [6.45, 7) is 0. The minimum atomic E-state index is 0.341. The van der Waals surface area contributed by atoms with E-state index in [9.17, 15) is 4.79 Å². The van der Waals surface area contributed by atoms with Gasteiger partial charge in [0, 0.05) is 12.4 Å². The topological polar surface area (TPSA) is 68.6 Å². The maximum Gasteiger partial charge on any atom is 0.178 e. The molecule has 0 N–H and O–H groups in total. The fourth-order valence-corrected chi connectivity index (χ4v) is 0.985. The van der Waals surface area contributed by atoms with Gasteiger partial charge < -0.3 is 0 Å². The Bertz CT molecular complexity index is 444. The highest BCUT2D eigenvalue weighted by molar-refractivity contribution is 5.72. The van der Waals surface area contributed by atoms with Gasteiger partial charge in [-0.05, 0) is 12.1 Å². The predicted molar refractivity (Wildman–Crippen MR) is 48.4 cm³/mol. The SMILES string of the molecule is O=Cc1ccnc(-c2ccncn2)n1. The summed E-state index contributed by atoms with van der Waals surface area (Å²) >= 11 is 0. The molecular weight excluding hydrogens is 180 g/mol. The molecule has 5 nitrogen and oxygen atoms in total. The molecule has 0 aromatic carbocycles. The fourth-order valence-electron chi connectivity index (χ4n) is 0.985. The molecule has 5 heteroatoms. The Morgan fingerprint density at radius 1 is 1.14 bits per heavy atom. The molecule has 0 atom stereocenters. The molecule has 2 rings (SSSR count). The molecule has 0 amide bonds. The van der Waals surface area contributed by atoms with Crippen LogP contribution in [0, 0.1) is 0 Å². The number of hydrogen-bond acceptors (Lipinski definition) is 5. The lowest BCUT2D eigenvalue weighted by molar-refractivity contribution is 0.111. The van der Waals surface area contributed by atoms with Gasteiger partial charge in [-0.25, -0.2) is 19.9 Å². The van der Waals surface area contributed by atoms with Gasteiger partial charge >= 0.3 is 0 Å². The Morgan fingerprint density at radius 3 is 2.79 bits per heavy atom. The van der Waals surface area contributed by atoms with E-state index in [1.807, 2.05) is 0 Å². The van der Waals surface area contributed by atoms with E-state index < -0.39 is 0 Å². The molecule has 2 heterocycles. The highest BCUT2D eigenvalue weighted by atomic mass is 16.1. The van der Waals surface area contributed by atoms with Gasteiger partial charge in [0.25, 0.3) is 0 Å². The summed E-state index contributed by atoms with van der Waals surface area (Å²) in [7, 11) is 0. The summed E-state index contributed by atoms with van der Waals surface area (Å²) < 4.78 is 0. The van der Waals surface area contributed by atoms with Crippen LogP contribution < -0.4 is 0 Å². The number of rotatable bonds is 2. The van der Waals surface area contributed by atoms with Crippen LogP contribution >= 0.6 is 0 Å². The average molecular weight is 186 g/mol. The Morgan fingerprint density at radius 2 is 2.07 bits per heavy atom. The summed E-state index contributed by atoms with van der Waals surface area (Å²) in [5.41, 5.74) is 0.942. The largest absolute Gasteiger partial charge is 0.296 e. The van der Waals surface area contributed by atoms with Crippen molar-refractivity contribution in [3.05, 3.63) is 36.5 Å². The van der Waals surface area contributed by atoms with Crippen LogP contribution in [0.1, 0.15) is 10.5 Å². The van der Waals surface area contributed by atoms with Crippen molar-refractivity contribution in [3.63, 3.8) is 0 Å². The lowest BCUT2D eigenvalue weighted by Crippen LogP contribution is -1.95. The minimum absolute atomic E-state index is 0.341. The van der Waals surface area contributed by atoms with Crippen LogP contribution in [-0.2, 0) is 0 Å². The van der Waals surface area contributed by atoms with Crippen LogP contribution in [0.3, 0.4) is 0 Å². The molecule has 14 heavy (non-hydrogen) atoms. The zero-order valence-corrected chi connectivity index (χ0v) is 7.16. The second-order valence-electron chi connectivity index (χ2n) is 2.52. The number of carbonyl (C=O) groups is 1. The Labute approximate surface area is 79.9 Å². The zero-order valence-electron chi connectivity index (χ0n) is 7.16. The van der Waals surface area contributed by atoms with Crippen molar-refractivity contribution in [2.45, 2.75) is 0 Å². The van der Waals surface area contributed by atoms with Gasteiger partial charge in [0.15, 0.2) is 12.1 Å². The molecule has 0 unspecified atom stereocenters. The van der Waals surface area contributed by atoms with E-state index in [0.29, 0.717) is 23.5 Å². The number of aldehydes is 1. The van der Waals surface area contributed by atoms with Crippen LogP contribution in [0.4, 0.5) is 0 Å². The summed E-state index contributed by atoms with van der Waals surface area (Å²) in [6, 6.07) is 3.22. The van der Waals surface area contributed by atoms with Crippen LogP contribution in [0.2, 0.25) is 0 Å². The normalized spacial score (nSPS) is 9.71. The van der Waals surface area contributed by atoms with E-state index in [1.54, 1.807) is 12.3 Å². The molecule has 0 saturated carbocycles. The highest BCUT2D eigenvalue weighted by Gasteiger charge is 2.02. The van der Waals surface area contributed by atoms with Crippen LogP contribution in [0.5, 0.6) is 0 Å². The first-order valence-electron chi connectivity index (χ1n) is 3.95. The molecule has 0 fully saturated rings. The quantitative estimate of drug-likeness (QED) is 0.647. The van der Waals surface area contributed by atoms with Crippen molar-refractivity contribution in [2.24, 2.45) is 0 Å². The van der Waals surface area contributed by atoms with E-state index in [-0.39, 0.29) is 0 Å². The Balaban J connectivity index is 2.47. The molecule has 0 bridgehead atoms. The van der Waals surface area contributed by atoms with Gasteiger partial charge in [-0.3, -0.25) is 4.79 Å². The highest BCUT2D eigenvalue weighted by Crippen LogP contribution is 2.08. The van der Waals surface area contributed by atoms with E-state index in [1.165, 1.54) is 18.6 Å². The second-order valence-corrected chi connectivity index (χ2v) is 2.52. The summed E-state index contributed by atoms with van der Waals surface area (Å²) in [5, 5.41) is 0. The van der Waals surface area contributed by atoms with E-state index in [4.69, 9.17) is 0 Å². The molecule has 0 spiro atoms. The smallest absolute Gasteiger partial charge is 0.178 e. The first-order chi connectivity index (χ1) is 6.90. The minimum Gasteiger partial charge on any atom is -0.296 e. The first kappa shape index (κ1) is 8.43. The van der Waals surface area contributed by atoms with E-state index >= 15 is 0 Å². The maximum absolute atomic E-state index is 10.5. The third kappa shape index (κ3) is 1.61. The number of hydrogen-bond donors (Lipinski definition) is 0. The zero-order chi connectivity index (χ0) is 9.80. The Hall–Kier alpha value is -2.17. The van der Waals surface area contributed by atoms with E-state index in [0.717, 1.165) is 0 Å². The number of aromatic nitrogens is 4. The van der Waals surface area contributed by atoms with Gasteiger partial charge in [0.05, 0.1) is 0 Å². The molecule has 0 radical (unpaired) electrons. The van der Waals surface area contributed by atoms with Crippen molar-refractivity contribution in [1.29, 1.82) is 0 Å². The lowest BCUT2D eigenvalue weighted by Gasteiger charge is -1.97. The summed E-state index contributed by atoms with van der Waals surface area (Å²) in [6.07, 6.45) is 5.20. The molecule has 68 valence electrons. The molecule has 0 aliphatic rings. The molecule has 2 aromatic heterocycles. The van der Waals surface area contributed by atoms with Gasteiger partial charge in [-0.2, -0.15) is 0 Å².